The summed E-state index contributed by atoms with van der Waals surface area (Å²) in [5.41, 5.74) is 2.39. The molecule has 2 aromatic rings. The number of carbonyl (C=O) groups is 1. The van der Waals surface area contributed by atoms with Gasteiger partial charge in [0.15, 0.2) is 0 Å². The van der Waals surface area contributed by atoms with Gasteiger partial charge < -0.3 is 10.2 Å². The van der Waals surface area contributed by atoms with Gasteiger partial charge in [0.05, 0.1) is 5.92 Å². The summed E-state index contributed by atoms with van der Waals surface area (Å²) in [7, 11) is 0. The zero-order valence-corrected chi connectivity index (χ0v) is 14.3. The second-order valence-corrected chi connectivity index (χ2v) is 6.55. The molecule has 0 radical (unpaired) electrons. The second kappa shape index (κ2) is 8.00. The first-order chi connectivity index (χ1) is 11.8. The molecule has 24 heavy (non-hydrogen) atoms. The standard InChI is InChI=1S/C21H26N2O/c1-2-20(18-9-5-3-6-10-18)21(24)22-15-17-13-14-23(16-17)19-11-7-4-8-12-19/h3-12,17,20H,2,13-16H2,1H3,(H,22,24)/t17-,20+/m0/s1. The second-order valence-electron chi connectivity index (χ2n) is 6.55. The molecule has 3 rings (SSSR count). The molecule has 1 aliphatic heterocycles. The van der Waals surface area contributed by atoms with Crippen molar-refractivity contribution in [1.29, 1.82) is 0 Å². The summed E-state index contributed by atoms with van der Waals surface area (Å²) in [6, 6.07) is 20.6. The lowest BCUT2D eigenvalue weighted by Gasteiger charge is -2.20. The predicted octanol–water partition coefficient (Wildman–Crippen LogP) is 3.82. The molecule has 3 nitrogen and oxygen atoms in total. The van der Waals surface area contributed by atoms with Gasteiger partial charge in [-0.15, -0.1) is 0 Å². The van der Waals surface area contributed by atoms with Crippen LogP contribution in [0.15, 0.2) is 60.7 Å². The molecule has 2 atom stereocenters. The Kier molecular flexibility index (Phi) is 5.52. The maximum atomic E-state index is 12.6. The molecule has 3 heteroatoms. The molecule has 0 spiro atoms. The Morgan fingerprint density at radius 1 is 1.12 bits per heavy atom. The normalized spacial score (nSPS) is 18.4. The van der Waals surface area contributed by atoms with E-state index >= 15 is 0 Å². The lowest BCUT2D eigenvalue weighted by Crippen LogP contribution is -2.34. The van der Waals surface area contributed by atoms with Crippen LogP contribution >= 0.6 is 0 Å². The largest absolute Gasteiger partial charge is 0.371 e. The van der Waals surface area contributed by atoms with Crippen LogP contribution in [-0.4, -0.2) is 25.5 Å². The van der Waals surface area contributed by atoms with Gasteiger partial charge in [-0.3, -0.25) is 4.79 Å². The average molecular weight is 322 g/mol. The summed E-state index contributed by atoms with van der Waals surface area (Å²) in [5.74, 6) is 0.641. The van der Waals surface area contributed by atoms with Crippen LogP contribution in [0.3, 0.4) is 0 Å². The number of rotatable bonds is 6. The Balaban J connectivity index is 1.52. The maximum absolute atomic E-state index is 12.6. The number of carbonyl (C=O) groups excluding carboxylic acids is 1. The first-order valence-electron chi connectivity index (χ1n) is 8.90. The number of hydrogen-bond donors (Lipinski definition) is 1. The van der Waals surface area contributed by atoms with Gasteiger partial charge in [-0.25, -0.2) is 0 Å². The fourth-order valence-corrected chi connectivity index (χ4v) is 3.50. The third-order valence-corrected chi connectivity index (χ3v) is 4.90. The average Bonchev–Trinajstić information content (AvgIpc) is 3.11. The van der Waals surface area contributed by atoms with Crippen molar-refractivity contribution in [2.75, 3.05) is 24.5 Å². The summed E-state index contributed by atoms with van der Waals surface area (Å²) in [6.45, 7) is 4.93. The molecule has 1 heterocycles. The Morgan fingerprint density at radius 3 is 2.46 bits per heavy atom. The highest BCUT2D eigenvalue weighted by molar-refractivity contribution is 5.83. The highest BCUT2D eigenvalue weighted by Crippen LogP contribution is 2.24. The van der Waals surface area contributed by atoms with Gasteiger partial charge in [-0.2, -0.15) is 0 Å². The van der Waals surface area contributed by atoms with Crippen molar-refractivity contribution >= 4 is 11.6 Å². The van der Waals surface area contributed by atoms with E-state index in [2.05, 4.69) is 41.4 Å². The molecule has 0 aliphatic carbocycles. The molecular formula is C21H26N2O. The van der Waals surface area contributed by atoms with Crippen LogP contribution in [0.1, 0.15) is 31.2 Å². The van der Waals surface area contributed by atoms with E-state index in [1.165, 1.54) is 5.69 Å². The van der Waals surface area contributed by atoms with Crippen LogP contribution in [0.4, 0.5) is 5.69 Å². The van der Waals surface area contributed by atoms with E-state index in [1.54, 1.807) is 0 Å². The molecule has 1 fully saturated rings. The van der Waals surface area contributed by atoms with Crippen molar-refractivity contribution in [3.8, 4) is 0 Å². The van der Waals surface area contributed by atoms with Crippen LogP contribution in [-0.2, 0) is 4.79 Å². The SMILES string of the molecule is CC[C@@H](C(=O)NC[C@@H]1CCN(c2ccccc2)C1)c1ccccc1. The lowest BCUT2D eigenvalue weighted by atomic mass is 9.95. The Hall–Kier alpha value is -2.29. The number of nitrogens with zero attached hydrogens (tertiary/aromatic N) is 1. The number of hydrogen-bond acceptors (Lipinski definition) is 2. The van der Waals surface area contributed by atoms with Crippen LogP contribution in [0, 0.1) is 5.92 Å². The van der Waals surface area contributed by atoms with Crippen molar-refractivity contribution in [2.45, 2.75) is 25.7 Å². The third-order valence-electron chi connectivity index (χ3n) is 4.90. The number of amides is 1. The molecule has 1 amide bonds. The van der Waals surface area contributed by atoms with Gasteiger partial charge in [0, 0.05) is 25.3 Å². The van der Waals surface area contributed by atoms with Gasteiger partial charge in [-0.05, 0) is 36.5 Å². The third kappa shape index (κ3) is 3.97. The molecule has 1 saturated heterocycles. The van der Waals surface area contributed by atoms with Crippen molar-refractivity contribution in [3.05, 3.63) is 66.2 Å². The molecule has 0 saturated carbocycles. The Labute approximate surface area is 144 Å². The quantitative estimate of drug-likeness (QED) is 0.877. The van der Waals surface area contributed by atoms with E-state index in [-0.39, 0.29) is 11.8 Å². The van der Waals surface area contributed by atoms with Crippen LogP contribution in [0.5, 0.6) is 0 Å². The van der Waals surface area contributed by atoms with Crippen LogP contribution < -0.4 is 10.2 Å². The molecule has 2 aromatic carbocycles. The molecular weight excluding hydrogens is 296 g/mol. The van der Waals surface area contributed by atoms with Crippen molar-refractivity contribution in [3.63, 3.8) is 0 Å². The summed E-state index contributed by atoms with van der Waals surface area (Å²) >= 11 is 0. The summed E-state index contributed by atoms with van der Waals surface area (Å²) in [6.07, 6.45) is 1.97. The number of anilines is 1. The molecule has 0 aromatic heterocycles. The van der Waals surface area contributed by atoms with E-state index in [4.69, 9.17) is 0 Å². The highest BCUT2D eigenvalue weighted by atomic mass is 16.1. The lowest BCUT2D eigenvalue weighted by molar-refractivity contribution is -0.122. The van der Waals surface area contributed by atoms with Gasteiger partial charge in [0.25, 0.3) is 0 Å². The first kappa shape index (κ1) is 16.6. The van der Waals surface area contributed by atoms with Gasteiger partial charge in [0.1, 0.15) is 0 Å². The monoisotopic (exact) mass is 322 g/mol. The summed E-state index contributed by atoms with van der Waals surface area (Å²) < 4.78 is 0. The molecule has 1 aliphatic rings. The van der Waals surface area contributed by atoms with E-state index in [9.17, 15) is 4.79 Å². The van der Waals surface area contributed by atoms with E-state index in [1.807, 2.05) is 36.4 Å². The Morgan fingerprint density at radius 2 is 1.79 bits per heavy atom. The minimum Gasteiger partial charge on any atom is -0.371 e. The van der Waals surface area contributed by atoms with Crippen molar-refractivity contribution in [1.82, 2.24) is 5.32 Å². The van der Waals surface area contributed by atoms with Crippen LogP contribution in [0.2, 0.25) is 0 Å². The summed E-state index contributed by atoms with van der Waals surface area (Å²) in [4.78, 5) is 15.0. The number of benzene rings is 2. The first-order valence-corrected chi connectivity index (χ1v) is 8.90. The zero-order valence-electron chi connectivity index (χ0n) is 14.3. The van der Waals surface area contributed by atoms with Crippen LogP contribution in [0.25, 0.3) is 0 Å². The van der Waals surface area contributed by atoms with E-state index < -0.39 is 0 Å². The fraction of sp³-hybridized carbons (Fsp3) is 0.381. The fourth-order valence-electron chi connectivity index (χ4n) is 3.50. The Bertz CT molecular complexity index is 641. The van der Waals surface area contributed by atoms with Crippen molar-refractivity contribution < 1.29 is 4.79 Å². The predicted molar refractivity (Wildman–Crippen MR) is 99.2 cm³/mol. The summed E-state index contributed by atoms with van der Waals surface area (Å²) in [5, 5.41) is 3.18. The highest BCUT2D eigenvalue weighted by Gasteiger charge is 2.24. The molecule has 1 N–H and O–H groups in total. The van der Waals surface area contributed by atoms with Gasteiger partial charge >= 0.3 is 0 Å². The molecule has 0 bridgehead atoms. The van der Waals surface area contributed by atoms with Gasteiger partial charge in [0.2, 0.25) is 5.91 Å². The van der Waals surface area contributed by atoms with E-state index in [0.29, 0.717) is 5.92 Å². The van der Waals surface area contributed by atoms with E-state index in [0.717, 1.165) is 38.0 Å². The maximum Gasteiger partial charge on any atom is 0.227 e. The topological polar surface area (TPSA) is 32.3 Å². The zero-order chi connectivity index (χ0) is 16.8. The number of para-hydroxylation sites is 1. The van der Waals surface area contributed by atoms with Gasteiger partial charge in [-0.1, -0.05) is 55.5 Å². The smallest absolute Gasteiger partial charge is 0.227 e. The number of nitrogens with one attached hydrogen (secondary N) is 1. The minimum absolute atomic E-state index is 0.0437. The molecule has 126 valence electrons. The minimum atomic E-state index is -0.0437. The van der Waals surface area contributed by atoms with Crippen molar-refractivity contribution in [2.24, 2.45) is 5.92 Å². The molecule has 0 unspecified atom stereocenters.